The molecule has 0 spiro atoms. The quantitative estimate of drug-likeness (QED) is 0.870. The first-order valence-corrected chi connectivity index (χ1v) is 5.77. The first-order valence-electron chi connectivity index (χ1n) is 4.98. The molecule has 0 saturated heterocycles. The Bertz CT molecular complexity index is 439. The van der Waals surface area contributed by atoms with Gasteiger partial charge in [0.05, 0.1) is 4.47 Å². The van der Waals surface area contributed by atoms with Gasteiger partial charge in [-0.05, 0) is 34.1 Å². The Morgan fingerprint density at radius 1 is 1.00 bits per heavy atom. The standard InChI is InChI=1S/C13H12BrNO/c14-11-6-2-4-8-13(11)16-9-10-5-1-3-7-12(10)15/h1-8H,9,15H2. The molecular formula is C13H12BrNO. The largest absolute Gasteiger partial charge is 0.488 e. The van der Waals surface area contributed by atoms with Crippen LogP contribution in [0.5, 0.6) is 5.75 Å². The second-order valence-corrected chi connectivity index (χ2v) is 4.27. The van der Waals surface area contributed by atoms with E-state index in [1.54, 1.807) is 0 Å². The predicted molar refractivity (Wildman–Crippen MR) is 69.3 cm³/mol. The fourth-order valence-electron chi connectivity index (χ4n) is 1.38. The Hall–Kier alpha value is -1.48. The van der Waals surface area contributed by atoms with E-state index in [4.69, 9.17) is 10.5 Å². The lowest BCUT2D eigenvalue weighted by atomic mass is 10.2. The number of halogens is 1. The highest BCUT2D eigenvalue weighted by Gasteiger charge is 2.01. The smallest absolute Gasteiger partial charge is 0.133 e. The van der Waals surface area contributed by atoms with Crippen LogP contribution < -0.4 is 10.5 Å². The molecule has 0 bridgehead atoms. The number of nitrogen functional groups attached to an aromatic ring is 1. The summed E-state index contributed by atoms with van der Waals surface area (Å²) in [6, 6.07) is 15.5. The van der Waals surface area contributed by atoms with Crippen molar-refractivity contribution in [2.45, 2.75) is 6.61 Å². The van der Waals surface area contributed by atoms with Crippen LogP contribution in [-0.2, 0) is 6.61 Å². The summed E-state index contributed by atoms with van der Waals surface area (Å²) in [5, 5.41) is 0. The molecular weight excluding hydrogens is 266 g/mol. The molecule has 0 aromatic heterocycles. The molecule has 0 fully saturated rings. The van der Waals surface area contributed by atoms with E-state index in [0.717, 1.165) is 21.5 Å². The average molecular weight is 278 g/mol. The second kappa shape index (κ2) is 5.03. The Balaban J connectivity index is 2.09. The number of para-hydroxylation sites is 2. The number of nitrogens with two attached hydrogens (primary N) is 1. The van der Waals surface area contributed by atoms with Crippen LogP contribution >= 0.6 is 15.9 Å². The average Bonchev–Trinajstić information content (AvgIpc) is 2.30. The zero-order chi connectivity index (χ0) is 11.4. The Labute approximate surface area is 103 Å². The van der Waals surface area contributed by atoms with E-state index in [0.29, 0.717) is 6.61 Å². The molecule has 2 aromatic carbocycles. The summed E-state index contributed by atoms with van der Waals surface area (Å²) in [4.78, 5) is 0. The molecule has 16 heavy (non-hydrogen) atoms. The molecule has 0 radical (unpaired) electrons. The fraction of sp³-hybridized carbons (Fsp3) is 0.0769. The van der Waals surface area contributed by atoms with Crippen molar-refractivity contribution in [2.75, 3.05) is 5.73 Å². The van der Waals surface area contributed by atoms with Gasteiger partial charge in [-0.25, -0.2) is 0 Å². The van der Waals surface area contributed by atoms with Gasteiger partial charge >= 0.3 is 0 Å². The van der Waals surface area contributed by atoms with Gasteiger partial charge in [0, 0.05) is 11.3 Å². The number of benzene rings is 2. The van der Waals surface area contributed by atoms with Crippen molar-refractivity contribution in [3.63, 3.8) is 0 Å². The summed E-state index contributed by atoms with van der Waals surface area (Å²) >= 11 is 3.43. The molecule has 2 rings (SSSR count). The van der Waals surface area contributed by atoms with Crippen molar-refractivity contribution < 1.29 is 4.74 Å². The van der Waals surface area contributed by atoms with Gasteiger partial charge in [0.25, 0.3) is 0 Å². The van der Waals surface area contributed by atoms with Gasteiger partial charge in [-0.3, -0.25) is 0 Å². The summed E-state index contributed by atoms with van der Waals surface area (Å²) in [6.45, 7) is 0.481. The number of hydrogen-bond donors (Lipinski definition) is 1. The third kappa shape index (κ3) is 2.55. The molecule has 2 nitrogen and oxygen atoms in total. The molecule has 0 aliphatic carbocycles. The van der Waals surface area contributed by atoms with Crippen LogP contribution in [0.1, 0.15) is 5.56 Å². The number of anilines is 1. The summed E-state index contributed by atoms with van der Waals surface area (Å²) in [5.74, 6) is 0.825. The summed E-state index contributed by atoms with van der Waals surface area (Å²) < 4.78 is 6.63. The van der Waals surface area contributed by atoms with Crippen molar-refractivity contribution in [3.8, 4) is 5.75 Å². The van der Waals surface area contributed by atoms with Gasteiger partial charge in [-0.2, -0.15) is 0 Å². The monoisotopic (exact) mass is 277 g/mol. The van der Waals surface area contributed by atoms with Crippen LogP contribution in [0.4, 0.5) is 5.69 Å². The third-order valence-electron chi connectivity index (χ3n) is 2.27. The number of ether oxygens (including phenoxy) is 1. The molecule has 2 aromatic rings. The summed E-state index contributed by atoms with van der Waals surface area (Å²) in [6.07, 6.45) is 0. The molecule has 0 saturated carbocycles. The van der Waals surface area contributed by atoms with Crippen molar-refractivity contribution in [2.24, 2.45) is 0 Å². The topological polar surface area (TPSA) is 35.2 Å². The molecule has 82 valence electrons. The Morgan fingerprint density at radius 3 is 2.44 bits per heavy atom. The lowest BCUT2D eigenvalue weighted by Gasteiger charge is -2.09. The lowest BCUT2D eigenvalue weighted by Crippen LogP contribution is -2.00. The van der Waals surface area contributed by atoms with Crippen molar-refractivity contribution in [1.82, 2.24) is 0 Å². The lowest BCUT2D eigenvalue weighted by molar-refractivity contribution is 0.305. The fourth-order valence-corrected chi connectivity index (χ4v) is 1.78. The van der Waals surface area contributed by atoms with E-state index in [1.807, 2.05) is 48.5 Å². The van der Waals surface area contributed by atoms with Crippen LogP contribution in [0, 0.1) is 0 Å². The van der Waals surface area contributed by atoms with E-state index >= 15 is 0 Å². The van der Waals surface area contributed by atoms with Crippen LogP contribution in [0.25, 0.3) is 0 Å². The normalized spacial score (nSPS) is 10.1. The molecule has 0 unspecified atom stereocenters. The maximum absolute atomic E-state index is 5.83. The third-order valence-corrected chi connectivity index (χ3v) is 2.93. The minimum absolute atomic E-state index is 0.481. The van der Waals surface area contributed by atoms with Crippen LogP contribution in [0.3, 0.4) is 0 Å². The number of hydrogen-bond acceptors (Lipinski definition) is 2. The van der Waals surface area contributed by atoms with E-state index < -0.39 is 0 Å². The highest BCUT2D eigenvalue weighted by Crippen LogP contribution is 2.25. The van der Waals surface area contributed by atoms with E-state index in [-0.39, 0.29) is 0 Å². The number of rotatable bonds is 3. The zero-order valence-electron chi connectivity index (χ0n) is 8.69. The zero-order valence-corrected chi connectivity index (χ0v) is 10.3. The predicted octanol–water partition coefficient (Wildman–Crippen LogP) is 3.61. The molecule has 3 heteroatoms. The summed E-state index contributed by atoms with van der Waals surface area (Å²) in [5.41, 5.74) is 7.59. The van der Waals surface area contributed by atoms with Crippen molar-refractivity contribution >= 4 is 21.6 Å². The van der Waals surface area contributed by atoms with E-state index in [1.165, 1.54) is 0 Å². The van der Waals surface area contributed by atoms with Gasteiger partial charge in [-0.1, -0.05) is 30.3 Å². The first-order chi connectivity index (χ1) is 7.77. The molecule has 2 N–H and O–H groups in total. The van der Waals surface area contributed by atoms with Gasteiger partial charge in [0.2, 0.25) is 0 Å². The maximum Gasteiger partial charge on any atom is 0.133 e. The highest BCUT2D eigenvalue weighted by atomic mass is 79.9. The van der Waals surface area contributed by atoms with Gasteiger partial charge < -0.3 is 10.5 Å². The molecule has 0 amide bonds. The molecule has 0 aliphatic heterocycles. The van der Waals surface area contributed by atoms with Gasteiger partial charge in [0.1, 0.15) is 12.4 Å². The summed E-state index contributed by atoms with van der Waals surface area (Å²) in [7, 11) is 0. The SMILES string of the molecule is Nc1ccccc1COc1ccccc1Br. The second-order valence-electron chi connectivity index (χ2n) is 3.42. The minimum Gasteiger partial charge on any atom is -0.488 e. The van der Waals surface area contributed by atoms with Crippen LogP contribution in [-0.4, -0.2) is 0 Å². The molecule has 0 heterocycles. The van der Waals surface area contributed by atoms with Crippen LogP contribution in [0.15, 0.2) is 53.0 Å². The molecule has 0 aliphatic rings. The Morgan fingerprint density at radius 2 is 1.69 bits per heavy atom. The van der Waals surface area contributed by atoms with E-state index in [2.05, 4.69) is 15.9 Å². The minimum atomic E-state index is 0.481. The van der Waals surface area contributed by atoms with E-state index in [9.17, 15) is 0 Å². The highest BCUT2D eigenvalue weighted by molar-refractivity contribution is 9.10. The van der Waals surface area contributed by atoms with Crippen LogP contribution in [0.2, 0.25) is 0 Å². The van der Waals surface area contributed by atoms with Gasteiger partial charge in [-0.15, -0.1) is 0 Å². The molecule has 0 atom stereocenters. The van der Waals surface area contributed by atoms with Crippen molar-refractivity contribution in [3.05, 3.63) is 58.6 Å². The maximum atomic E-state index is 5.83. The van der Waals surface area contributed by atoms with Crippen molar-refractivity contribution in [1.29, 1.82) is 0 Å². The first kappa shape index (κ1) is 11.0. The Kier molecular flexibility index (Phi) is 3.47. The van der Waals surface area contributed by atoms with Gasteiger partial charge in [0.15, 0.2) is 0 Å².